The molecule has 2 heterocycles. The molecule has 14 aromatic rings. The Morgan fingerprint density at radius 3 is 0.842 bits per heavy atom. The molecule has 0 N–H and O–H groups in total. The Bertz CT molecular complexity index is 5110. The summed E-state index contributed by atoms with van der Waals surface area (Å²) in [7, 11) is 0. The minimum Gasteiger partial charge on any atom is -0.310 e. The summed E-state index contributed by atoms with van der Waals surface area (Å²) in [5, 5.41) is 7.79. The van der Waals surface area contributed by atoms with Gasteiger partial charge < -0.3 is 9.80 Å². The third-order valence-electron chi connectivity index (χ3n) is 20.5. The van der Waals surface area contributed by atoms with E-state index in [4.69, 9.17) is 0 Å². The van der Waals surface area contributed by atoms with Crippen molar-refractivity contribution in [3.8, 4) is 66.8 Å². The highest BCUT2D eigenvalue weighted by atomic mass is 15.2. The number of hydrogen-bond donors (Lipinski definition) is 0. The molecular formula is C92H81BN2. The van der Waals surface area contributed by atoms with Gasteiger partial charge in [-0.3, -0.25) is 0 Å². The van der Waals surface area contributed by atoms with Crippen LogP contribution < -0.4 is 26.2 Å². The molecule has 0 fully saturated rings. The number of fused-ring (bicyclic) bond motifs is 4. The number of anilines is 6. The highest BCUT2D eigenvalue weighted by Crippen LogP contribution is 2.55. The van der Waals surface area contributed by atoms with Gasteiger partial charge in [0.05, 0.1) is 11.4 Å². The van der Waals surface area contributed by atoms with Gasteiger partial charge in [0.25, 0.3) is 6.71 Å². The average Bonchev–Trinajstić information content (AvgIpc) is 0.688. The van der Waals surface area contributed by atoms with Gasteiger partial charge in [0.15, 0.2) is 0 Å². The van der Waals surface area contributed by atoms with Gasteiger partial charge >= 0.3 is 0 Å². The van der Waals surface area contributed by atoms with Crippen molar-refractivity contribution in [2.45, 2.75) is 105 Å². The van der Waals surface area contributed by atoms with Gasteiger partial charge in [-0.2, -0.15) is 0 Å². The first-order valence-corrected chi connectivity index (χ1v) is 34.1. The summed E-state index contributed by atoms with van der Waals surface area (Å²) in [5.74, 6) is 0. The zero-order valence-electron chi connectivity index (χ0n) is 57.0. The number of rotatable bonds is 8. The molecule has 0 aliphatic carbocycles. The van der Waals surface area contributed by atoms with Gasteiger partial charge in [-0.15, -0.1) is 0 Å². The van der Waals surface area contributed by atoms with Gasteiger partial charge in [0, 0.05) is 45.0 Å². The van der Waals surface area contributed by atoms with E-state index in [1.54, 1.807) is 0 Å². The van der Waals surface area contributed by atoms with E-state index in [9.17, 15) is 0 Å². The SMILES string of the molecule is CC(C)(C)c1cc(-c2ccccc2)c(N2c3ccc(-c4ccccc4)cc3B3c4cc(-c5cc6ccc7cc(C(C)(C)C)cc8ccc(c5)c6c78)ccc4N(c4c(-c5ccccc5)cc(C(C)(C)C)cc4-c4ccccc4)c4cc(C(C)(C)C)cc2c43)c(-c2ccccc2)c1. The molecule has 16 rings (SSSR count). The molecule has 2 nitrogen and oxygen atoms in total. The number of benzene rings is 14. The Morgan fingerprint density at radius 2 is 0.516 bits per heavy atom. The lowest BCUT2D eigenvalue weighted by Gasteiger charge is -2.47. The topological polar surface area (TPSA) is 6.48 Å². The Kier molecular flexibility index (Phi) is 14.0. The summed E-state index contributed by atoms with van der Waals surface area (Å²) < 4.78 is 0. The molecule has 95 heavy (non-hydrogen) atoms. The zero-order valence-corrected chi connectivity index (χ0v) is 57.0. The molecular weight excluding hydrogens is 1140 g/mol. The molecule has 0 spiro atoms. The van der Waals surface area contributed by atoms with Crippen molar-refractivity contribution in [2.75, 3.05) is 9.80 Å². The standard InChI is InChI=1S/C92H81BN2/c1-89(2,3)70-48-67-40-38-65-46-69(47-66-39-41-68(49-70)85(67)84(65)66)64-43-45-81-79(51-64)93-78-50-63(58-28-18-13-19-29-58)42-44-80(78)94(87-74(59-30-20-14-21-31-59)52-71(90(4,5)6)53-75(87)60-32-22-15-23-33-60)82-56-73(92(10,11)12)57-83(86(82)93)95(81)88-76(61-34-24-16-25-35-61)54-72(91(7,8)9)55-77(88)62-36-26-17-27-37-62/h13-57H,1-12H3. The van der Waals surface area contributed by atoms with E-state index in [0.717, 1.165) is 11.4 Å². The maximum absolute atomic E-state index is 2.72. The van der Waals surface area contributed by atoms with Crippen LogP contribution in [0, 0.1) is 0 Å². The summed E-state index contributed by atoms with van der Waals surface area (Å²) in [6, 6.07) is 105. The quantitative estimate of drug-likeness (QED) is 0.111. The van der Waals surface area contributed by atoms with Crippen LogP contribution in [-0.2, 0) is 21.7 Å². The van der Waals surface area contributed by atoms with E-state index in [1.807, 2.05) is 0 Å². The largest absolute Gasteiger partial charge is 0.310 e. The maximum atomic E-state index is 2.72. The van der Waals surface area contributed by atoms with Crippen LogP contribution in [0.2, 0.25) is 0 Å². The van der Waals surface area contributed by atoms with Crippen LogP contribution in [0.4, 0.5) is 34.1 Å². The molecule has 0 unspecified atom stereocenters. The molecule has 0 bridgehead atoms. The van der Waals surface area contributed by atoms with Gasteiger partial charge in [-0.05, 0) is 198 Å². The fourth-order valence-electron chi connectivity index (χ4n) is 15.3. The minimum atomic E-state index is -0.271. The van der Waals surface area contributed by atoms with Crippen LogP contribution in [0.15, 0.2) is 273 Å². The summed E-state index contributed by atoms with van der Waals surface area (Å²) in [6.07, 6.45) is 0. The molecule has 2 aliphatic rings. The van der Waals surface area contributed by atoms with Crippen LogP contribution >= 0.6 is 0 Å². The van der Waals surface area contributed by atoms with E-state index in [0.29, 0.717) is 0 Å². The molecule has 3 heteroatoms. The van der Waals surface area contributed by atoms with Crippen molar-refractivity contribution >= 4 is 89.5 Å². The molecule has 0 amide bonds. The van der Waals surface area contributed by atoms with Crippen molar-refractivity contribution in [2.24, 2.45) is 0 Å². The number of hydrogen-bond acceptors (Lipinski definition) is 2. The Morgan fingerprint density at radius 1 is 0.232 bits per heavy atom. The van der Waals surface area contributed by atoms with Crippen molar-refractivity contribution in [3.05, 3.63) is 295 Å². The second kappa shape index (κ2) is 22.2. The molecule has 0 radical (unpaired) electrons. The Hall–Kier alpha value is -10.2. The summed E-state index contributed by atoms with van der Waals surface area (Å²) >= 11 is 0. The molecule has 0 aromatic heterocycles. The second-order valence-corrected chi connectivity index (χ2v) is 31.0. The van der Waals surface area contributed by atoms with Gasteiger partial charge in [0.2, 0.25) is 0 Å². The first kappa shape index (κ1) is 59.8. The first-order valence-electron chi connectivity index (χ1n) is 34.1. The molecule has 0 atom stereocenters. The lowest BCUT2D eigenvalue weighted by Crippen LogP contribution is -2.61. The lowest BCUT2D eigenvalue weighted by atomic mass is 9.33. The minimum absolute atomic E-state index is 0.0338. The normalized spacial score (nSPS) is 13.2. The van der Waals surface area contributed by atoms with E-state index in [-0.39, 0.29) is 28.4 Å². The third-order valence-corrected chi connectivity index (χ3v) is 20.5. The summed E-state index contributed by atoms with van der Waals surface area (Å²) in [4.78, 5) is 5.43. The van der Waals surface area contributed by atoms with Crippen LogP contribution in [0.3, 0.4) is 0 Å². The Labute approximate surface area is 562 Å². The number of nitrogens with zero attached hydrogens (tertiary/aromatic N) is 2. The summed E-state index contributed by atoms with van der Waals surface area (Å²) in [5.41, 5.74) is 29.7. The lowest BCUT2D eigenvalue weighted by molar-refractivity contribution is 0.590. The van der Waals surface area contributed by atoms with Crippen molar-refractivity contribution in [3.63, 3.8) is 0 Å². The predicted molar refractivity (Wildman–Crippen MR) is 412 cm³/mol. The molecule has 2 aliphatic heterocycles. The average molecular weight is 1230 g/mol. The van der Waals surface area contributed by atoms with Crippen molar-refractivity contribution in [1.82, 2.24) is 0 Å². The van der Waals surface area contributed by atoms with E-state index in [2.05, 4.69) is 366 Å². The second-order valence-electron chi connectivity index (χ2n) is 31.0. The molecule has 0 saturated carbocycles. The molecule has 0 saturated heterocycles. The van der Waals surface area contributed by atoms with Crippen LogP contribution in [0.25, 0.3) is 99.1 Å². The fraction of sp³-hybridized carbons (Fsp3) is 0.174. The fourth-order valence-corrected chi connectivity index (χ4v) is 15.3. The molecule has 462 valence electrons. The third kappa shape index (κ3) is 10.3. The first-order chi connectivity index (χ1) is 45.6. The van der Waals surface area contributed by atoms with Gasteiger partial charge in [-0.25, -0.2) is 0 Å². The monoisotopic (exact) mass is 1220 g/mol. The smallest absolute Gasteiger partial charge is 0.252 e. The Balaban J connectivity index is 1.07. The van der Waals surface area contributed by atoms with E-state index >= 15 is 0 Å². The van der Waals surface area contributed by atoms with Crippen LogP contribution in [0.1, 0.15) is 105 Å². The van der Waals surface area contributed by atoms with Crippen LogP contribution in [-0.4, -0.2) is 6.71 Å². The van der Waals surface area contributed by atoms with E-state index < -0.39 is 0 Å². The predicted octanol–water partition coefficient (Wildman–Crippen LogP) is 23.9. The highest BCUT2D eigenvalue weighted by Gasteiger charge is 2.46. The van der Waals surface area contributed by atoms with Crippen molar-refractivity contribution < 1.29 is 0 Å². The van der Waals surface area contributed by atoms with Gasteiger partial charge in [-0.1, -0.05) is 295 Å². The zero-order chi connectivity index (χ0) is 65.4. The van der Waals surface area contributed by atoms with Crippen molar-refractivity contribution in [1.29, 1.82) is 0 Å². The highest BCUT2D eigenvalue weighted by molar-refractivity contribution is 7.00. The summed E-state index contributed by atoms with van der Waals surface area (Å²) in [6.45, 7) is 28.1. The molecule has 14 aromatic carbocycles. The van der Waals surface area contributed by atoms with Gasteiger partial charge in [0.1, 0.15) is 0 Å². The van der Waals surface area contributed by atoms with E-state index in [1.165, 1.54) is 160 Å². The van der Waals surface area contributed by atoms with Crippen LogP contribution in [0.5, 0.6) is 0 Å². The maximum Gasteiger partial charge on any atom is 0.252 e.